The van der Waals surface area contributed by atoms with Crippen LogP contribution in [0.2, 0.25) is 5.02 Å². The van der Waals surface area contributed by atoms with Crippen molar-refractivity contribution in [2.24, 2.45) is 0 Å². The summed E-state index contributed by atoms with van der Waals surface area (Å²) in [7, 11) is 0. The Balaban J connectivity index is 2.35. The van der Waals surface area contributed by atoms with Crippen LogP contribution in [0, 0.1) is 11.3 Å². The zero-order valence-electron chi connectivity index (χ0n) is 10.0. The molecule has 0 unspecified atom stereocenters. The molecule has 1 aromatic carbocycles. The Morgan fingerprint density at radius 3 is 2.90 bits per heavy atom. The van der Waals surface area contributed by atoms with Gasteiger partial charge in [-0.15, -0.1) is 0 Å². The molecule has 3 aromatic rings. The number of aromatic nitrogens is 3. The van der Waals surface area contributed by atoms with Crippen molar-refractivity contribution in [2.45, 2.75) is 0 Å². The lowest BCUT2D eigenvalue weighted by Crippen LogP contribution is -2.03. The standard InChI is InChI=1S/C13H7BrClN5/c14-8-1-2-11(7(3-8)5-16)20-12-10(19-13(20)17)4-9(15)6-18-12/h1-4,6H,(H2,17,19). The molecule has 0 bridgehead atoms. The fourth-order valence-electron chi connectivity index (χ4n) is 1.99. The number of imidazole rings is 1. The highest BCUT2D eigenvalue weighted by molar-refractivity contribution is 9.10. The van der Waals surface area contributed by atoms with Crippen molar-refractivity contribution < 1.29 is 0 Å². The number of nitrogen functional groups attached to an aromatic ring is 1. The highest BCUT2D eigenvalue weighted by atomic mass is 79.9. The van der Waals surface area contributed by atoms with Crippen LogP contribution in [0.5, 0.6) is 0 Å². The van der Waals surface area contributed by atoms with Gasteiger partial charge < -0.3 is 5.73 Å². The van der Waals surface area contributed by atoms with Gasteiger partial charge in [-0.1, -0.05) is 27.5 Å². The minimum absolute atomic E-state index is 0.258. The van der Waals surface area contributed by atoms with E-state index in [1.807, 2.05) is 6.07 Å². The first-order valence-corrected chi connectivity index (χ1v) is 6.77. The Morgan fingerprint density at radius 1 is 1.35 bits per heavy atom. The molecule has 7 heteroatoms. The molecule has 0 saturated carbocycles. The number of hydrogen-bond donors (Lipinski definition) is 1. The fraction of sp³-hybridized carbons (Fsp3) is 0. The maximum Gasteiger partial charge on any atom is 0.207 e. The predicted octanol–water partition coefficient (Wildman–Crippen LogP) is 3.29. The number of pyridine rings is 1. The van der Waals surface area contributed by atoms with Crippen molar-refractivity contribution in [3.05, 3.63) is 45.5 Å². The minimum atomic E-state index is 0.258. The Kier molecular flexibility index (Phi) is 3.08. The molecular weight excluding hydrogens is 342 g/mol. The van der Waals surface area contributed by atoms with E-state index in [2.05, 4.69) is 32.0 Å². The van der Waals surface area contributed by atoms with Crippen molar-refractivity contribution in [2.75, 3.05) is 5.73 Å². The second-order valence-electron chi connectivity index (χ2n) is 4.07. The summed E-state index contributed by atoms with van der Waals surface area (Å²) < 4.78 is 2.45. The monoisotopic (exact) mass is 347 g/mol. The van der Waals surface area contributed by atoms with Gasteiger partial charge in [-0.2, -0.15) is 5.26 Å². The summed E-state index contributed by atoms with van der Waals surface area (Å²) in [6.07, 6.45) is 1.52. The van der Waals surface area contributed by atoms with Crippen LogP contribution in [0.1, 0.15) is 5.56 Å². The molecule has 0 spiro atoms. The molecule has 0 radical (unpaired) electrons. The van der Waals surface area contributed by atoms with Crippen LogP contribution in [0.4, 0.5) is 5.95 Å². The zero-order valence-corrected chi connectivity index (χ0v) is 12.4. The first kappa shape index (κ1) is 12.9. The van der Waals surface area contributed by atoms with Gasteiger partial charge in [0.05, 0.1) is 16.3 Å². The maximum atomic E-state index is 9.26. The second-order valence-corrected chi connectivity index (χ2v) is 5.43. The van der Waals surface area contributed by atoms with Crippen molar-refractivity contribution in [1.82, 2.24) is 14.5 Å². The van der Waals surface area contributed by atoms with Crippen LogP contribution in [-0.4, -0.2) is 14.5 Å². The van der Waals surface area contributed by atoms with E-state index in [0.29, 0.717) is 27.4 Å². The van der Waals surface area contributed by atoms with Crippen molar-refractivity contribution >= 4 is 44.6 Å². The molecule has 2 N–H and O–H groups in total. The van der Waals surface area contributed by atoms with E-state index in [1.165, 1.54) is 6.20 Å². The van der Waals surface area contributed by atoms with Crippen LogP contribution in [-0.2, 0) is 0 Å². The second kappa shape index (κ2) is 4.78. The number of nitriles is 1. The van der Waals surface area contributed by atoms with E-state index < -0.39 is 0 Å². The summed E-state index contributed by atoms with van der Waals surface area (Å²) in [4.78, 5) is 8.46. The highest BCUT2D eigenvalue weighted by Gasteiger charge is 2.14. The number of rotatable bonds is 1. The van der Waals surface area contributed by atoms with Gasteiger partial charge >= 0.3 is 0 Å². The molecule has 98 valence electrons. The molecule has 0 aliphatic carbocycles. The number of nitrogens with zero attached hydrogens (tertiary/aromatic N) is 4. The quantitative estimate of drug-likeness (QED) is 0.731. The summed E-state index contributed by atoms with van der Waals surface area (Å²) >= 11 is 9.23. The van der Waals surface area contributed by atoms with E-state index >= 15 is 0 Å². The first-order chi connectivity index (χ1) is 9.60. The van der Waals surface area contributed by atoms with Gasteiger partial charge in [-0.05, 0) is 24.3 Å². The Morgan fingerprint density at radius 2 is 2.15 bits per heavy atom. The van der Waals surface area contributed by atoms with Gasteiger partial charge in [-0.3, -0.25) is 4.57 Å². The molecule has 3 rings (SSSR count). The third-order valence-corrected chi connectivity index (χ3v) is 3.51. The van der Waals surface area contributed by atoms with Crippen molar-refractivity contribution in [1.29, 1.82) is 5.26 Å². The maximum absolute atomic E-state index is 9.26. The van der Waals surface area contributed by atoms with E-state index in [1.54, 1.807) is 22.8 Å². The van der Waals surface area contributed by atoms with Gasteiger partial charge in [0.1, 0.15) is 11.6 Å². The highest BCUT2D eigenvalue weighted by Crippen LogP contribution is 2.27. The molecule has 0 saturated heterocycles. The third-order valence-electron chi connectivity index (χ3n) is 2.81. The molecule has 5 nitrogen and oxygen atoms in total. The zero-order chi connectivity index (χ0) is 14.3. The predicted molar refractivity (Wildman–Crippen MR) is 80.7 cm³/mol. The summed E-state index contributed by atoms with van der Waals surface area (Å²) in [6.45, 7) is 0. The van der Waals surface area contributed by atoms with Gasteiger partial charge in [0.2, 0.25) is 5.95 Å². The lowest BCUT2D eigenvalue weighted by molar-refractivity contribution is 1.08. The SMILES string of the molecule is N#Cc1cc(Br)ccc1-n1c(N)nc2cc(Cl)cnc21. The number of anilines is 1. The molecule has 0 atom stereocenters. The molecule has 0 aliphatic rings. The van der Waals surface area contributed by atoms with E-state index in [-0.39, 0.29) is 5.95 Å². The van der Waals surface area contributed by atoms with Crippen molar-refractivity contribution in [3.8, 4) is 11.8 Å². The largest absolute Gasteiger partial charge is 0.369 e. The summed E-state index contributed by atoms with van der Waals surface area (Å²) in [6, 6.07) is 9.16. The molecule has 2 aromatic heterocycles. The van der Waals surface area contributed by atoms with Crippen LogP contribution in [0.25, 0.3) is 16.9 Å². The Bertz CT molecular complexity index is 865. The van der Waals surface area contributed by atoms with E-state index in [9.17, 15) is 5.26 Å². The number of benzene rings is 1. The van der Waals surface area contributed by atoms with Crippen LogP contribution in [0.15, 0.2) is 34.9 Å². The molecule has 0 aliphatic heterocycles. The summed E-state index contributed by atoms with van der Waals surface area (Å²) in [5.41, 5.74) is 8.19. The number of hydrogen-bond acceptors (Lipinski definition) is 4. The lowest BCUT2D eigenvalue weighted by Gasteiger charge is -2.08. The van der Waals surface area contributed by atoms with Crippen LogP contribution >= 0.6 is 27.5 Å². The topological polar surface area (TPSA) is 80.5 Å². The smallest absolute Gasteiger partial charge is 0.207 e. The van der Waals surface area contributed by atoms with Crippen molar-refractivity contribution in [3.63, 3.8) is 0 Å². The van der Waals surface area contributed by atoms with E-state index in [4.69, 9.17) is 17.3 Å². The van der Waals surface area contributed by atoms with Gasteiger partial charge in [0.15, 0.2) is 5.65 Å². The van der Waals surface area contributed by atoms with Crippen LogP contribution < -0.4 is 5.73 Å². The number of nitrogens with two attached hydrogens (primary N) is 1. The third kappa shape index (κ3) is 2.01. The van der Waals surface area contributed by atoms with Gasteiger partial charge in [0.25, 0.3) is 0 Å². The Labute approximate surface area is 127 Å². The van der Waals surface area contributed by atoms with Gasteiger partial charge in [-0.25, -0.2) is 9.97 Å². The average Bonchev–Trinajstić information content (AvgIpc) is 2.73. The molecular formula is C13H7BrClN5. The number of fused-ring (bicyclic) bond motifs is 1. The molecule has 0 fully saturated rings. The molecule has 0 amide bonds. The normalized spacial score (nSPS) is 10.7. The summed E-state index contributed by atoms with van der Waals surface area (Å²) in [5, 5.41) is 9.75. The molecule has 20 heavy (non-hydrogen) atoms. The Hall–Kier alpha value is -2.10. The molecule has 2 heterocycles. The van der Waals surface area contributed by atoms with Gasteiger partial charge in [0, 0.05) is 10.7 Å². The average molecular weight is 349 g/mol. The van der Waals surface area contributed by atoms with E-state index in [0.717, 1.165) is 4.47 Å². The lowest BCUT2D eigenvalue weighted by atomic mass is 10.2. The first-order valence-electron chi connectivity index (χ1n) is 5.59. The fourth-order valence-corrected chi connectivity index (χ4v) is 2.50. The number of halogens is 2. The minimum Gasteiger partial charge on any atom is -0.369 e. The summed E-state index contributed by atoms with van der Waals surface area (Å²) in [5.74, 6) is 0.258. The van der Waals surface area contributed by atoms with Crippen LogP contribution in [0.3, 0.4) is 0 Å².